The van der Waals surface area contributed by atoms with Crippen LogP contribution in [0, 0.1) is 5.92 Å². The van der Waals surface area contributed by atoms with Crippen LogP contribution < -0.4 is 0 Å². The largest absolute Gasteiger partial charge is 0.0879 e. The molecule has 86 valence electrons. The Kier molecular flexibility index (Phi) is 7.08. The van der Waals surface area contributed by atoms with Crippen molar-refractivity contribution < 1.29 is 0 Å². The van der Waals surface area contributed by atoms with Crippen molar-refractivity contribution in [2.45, 2.75) is 58.3 Å². The van der Waals surface area contributed by atoms with Gasteiger partial charge < -0.3 is 0 Å². The van der Waals surface area contributed by atoms with Crippen LogP contribution in [-0.2, 0) is 0 Å². The van der Waals surface area contributed by atoms with E-state index in [1.54, 1.807) is 0 Å². The van der Waals surface area contributed by atoms with Crippen molar-refractivity contribution >= 4 is 15.9 Å². The fourth-order valence-electron chi connectivity index (χ4n) is 2.01. The smallest absolute Gasteiger partial charge is 0.00424 e. The first-order valence-electron chi connectivity index (χ1n) is 6.35. The molecule has 1 heteroatoms. The molecule has 0 radical (unpaired) electrons. The summed E-state index contributed by atoms with van der Waals surface area (Å²) in [7, 11) is 0. The molecule has 1 aliphatic rings. The molecule has 0 bridgehead atoms. The molecule has 0 nitrogen and oxygen atoms in total. The monoisotopic (exact) mass is 270 g/mol. The Morgan fingerprint density at radius 3 is 2.93 bits per heavy atom. The summed E-state index contributed by atoms with van der Waals surface area (Å²) in [4.78, 5) is 0. The fourth-order valence-corrected chi connectivity index (χ4v) is 2.63. The zero-order chi connectivity index (χ0) is 10.9. The van der Waals surface area contributed by atoms with Gasteiger partial charge in [0.25, 0.3) is 0 Å². The van der Waals surface area contributed by atoms with E-state index < -0.39 is 0 Å². The Bertz CT molecular complexity index is 215. The lowest BCUT2D eigenvalue weighted by molar-refractivity contribution is 0.624. The molecule has 1 aliphatic carbocycles. The minimum absolute atomic E-state index is 0.694. The first kappa shape index (κ1) is 13.0. The van der Waals surface area contributed by atoms with Gasteiger partial charge in [0.1, 0.15) is 0 Å². The topological polar surface area (TPSA) is 0 Å². The summed E-state index contributed by atoms with van der Waals surface area (Å²) in [6.07, 6.45) is 17.7. The van der Waals surface area contributed by atoms with E-state index in [9.17, 15) is 0 Å². The van der Waals surface area contributed by atoms with Gasteiger partial charge in [-0.05, 0) is 42.5 Å². The van der Waals surface area contributed by atoms with E-state index in [0.717, 1.165) is 0 Å². The lowest BCUT2D eigenvalue weighted by atomic mass is 9.95. The van der Waals surface area contributed by atoms with E-state index in [1.807, 2.05) is 0 Å². The highest BCUT2D eigenvalue weighted by atomic mass is 79.9. The Labute approximate surface area is 103 Å². The molecule has 1 atom stereocenters. The fraction of sp³-hybridized carbons (Fsp3) is 0.714. The maximum absolute atomic E-state index is 3.69. The average Bonchev–Trinajstić information content (AvgIpc) is 2.26. The van der Waals surface area contributed by atoms with Gasteiger partial charge in [-0.2, -0.15) is 0 Å². The summed E-state index contributed by atoms with van der Waals surface area (Å²) in [5.74, 6) is 0.694. The molecule has 0 fully saturated rings. The molecule has 0 aliphatic heterocycles. The van der Waals surface area contributed by atoms with Crippen molar-refractivity contribution in [3.8, 4) is 0 Å². The Morgan fingerprint density at radius 1 is 1.40 bits per heavy atom. The average molecular weight is 271 g/mol. The van der Waals surface area contributed by atoms with Crippen molar-refractivity contribution in [1.82, 2.24) is 0 Å². The maximum atomic E-state index is 3.69. The molecule has 1 rings (SSSR count). The van der Waals surface area contributed by atoms with Crippen LogP contribution in [-0.4, -0.2) is 0 Å². The molecule has 15 heavy (non-hydrogen) atoms. The summed E-state index contributed by atoms with van der Waals surface area (Å²) in [5, 5.41) is 0. The second-order valence-electron chi connectivity index (χ2n) is 4.45. The Hall–Kier alpha value is -0.0400. The lowest BCUT2D eigenvalue weighted by Gasteiger charge is -2.12. The molecule has 0 aromatic carbocycles. The van der Waals surface area contributed by atoms with Crippen molar-refractivity contribution in [3.63, 3.8) is 0 Å². The van der Waals surface area contributed by atoms with Crippen molar-refractivity contribution in [2.75, 3.05) is 0 Å². The van der Waals surface area contributed by atoms with Gasteiger partial charge in [-0.15, -0.1) is 0 Å². The molecule has 1 unspecified atom stereocenters. The highest BCUT2D eigenvalue weighted by Gasteiger charge is 2.05. The summed E-state index contributed by atoms with van der Waals surface area (Å²) < 4.78 is 1.41. The first-order valence-corrected chi connectivity index (χ1v) is 7.15. The second-order valence-corrected chi connectivity index (χ2v) is 5.47. The summed E-state index contributed by atoms with van der Waals surface area (Å²) >= 11 is 3.69. The summed E-state index contributed by atoms with van der Waals surface area (Å²) in [6, 6.07) is 0. The van der Waals surface area contributed by atoms with E-state index in [0.29, 0.717) is 5.92 Å². The van der Waals surface area contributed by atoms with Crippen LogP contribution >= 0.6 is 15.9 Å². The van der Waals surface area contributed by atoms with Crippen LogP contribution in [0.1, 0.15) is 58.3 Å². The second kappa shape index (κ2) is 8.15. The Balaban J connectivity index is 2.19. The molecule has 0 N–H and O–H groups in total. The number of allylic oxidation sites excluding steroid dienone is 4. The van der Waals surface area contributed by atoms with Gasteiger partial charge in [0.15, 0.2) is 0 Å². The van der Waals surface area contributed by atoms with Crippen LogP contribution in [0.5, 0.6) is 0 Å². The first-order chi connectivity index (χ1) is 7.33. The highest BCUT2D eigenvalue weighted by Crippen LogP contribution is 2.24. The van der Waals surface area contributed by atoms with Crippen molar-refractivity contribution in [3.05, 3.63) is 22.7 Å². The van der Waals surface area contributed by atoms with Crippen LogP contribution in [0.15, 0.2) is 22.7 Å². The Morgan fingerprint density at radius 2 is 2.27 bits per heavy atom. The van der Waals surface area contributed by atoms with Gasteiger partial charge in [0.2, 0.25) is 0 Å². The number of hydrogen-bond acceptors (Lipinski definition) is 0. The van der Waals surface area contributed by atoms with Gasteiger partial charge in [-0.3, -0.25) is 0 Å². The SMILES string of the molecule is CCCCCC/C(Br)=C\C1C=CCCC1. The number of rotatable bonds is 6. The van der Waals surface area contributed by atoms with Crippen molar-refractivity contribution in [2.24, 2.45) is 5.92 Å². The van der Waals surface area contributed by atoms with Gasteiger partial charge >= 0.3 is 0 Å². The van der Waals surface area contributed by atoms with Crippen LogP contribution in [0.3, 0.4) is 0 Å². The van der Waals surface area contributed by atoms with Crippen LogP contribution in [0.25, 0.3) is 0 Å². The van der Waals surface area contributed by atoms with E-state index >= 15 is 0 Å². The van der Waals surface area contributed by atoms with Crippen LogP contribution in [0.4, 0.5) is 0 Å². The van der Waals surface area contributed by atoms with E-state index in [-0.39, 0.29) is 0 Å². The number of hydrogen-bond donors (Lipinski definition) is 0. The molecule has 0 saturated carbocycles. The van der Waals surface area contributed by atoms with E-state index in [2.05, 4.69) is 41.1 Å². The molecule has 0 saturated heterocycles. The third kappa shape index (κ3) is 6.19. The highest BCUT2D eigenvalue weighted by molar-refractivity contribution is 9.11. The number of halogens is 1. The van der Waals surface area contributed by atoms with E-state index in [1.165, 1.54) is 55.8 Å². The third-order valence-electron chi connectivity index (χ3n) is 2.96. The van der Waals surface area contributed by atoms with E-state index in [4.69, 9.17) is 0 Å². The predicted octanol–water partition coefficient (Wildman–Crippen LogP) is 5.59. The normalized spacial score (nSPS) is 22.0. The minimum Gasteiger partial charge on any atom is -0.0879 e. The third-order valence-corrected chi connectivity index (χ3v) is 3.62. The lowest BCUT2D eigenvalue weighted by Crippen LogP contribution is -1.97. The number of unbranched alkanes of at least 4 members (excludes halogenated alkanes) is 3. The quantitative estimate of drug-likeness (QED) is 0.436. The summed E-state index contributed by atoms with van der Waals surface area (Å²) in [5.41, 5.74) is 0. The molecule has 0 amide bonds. The molecular formula is C14H23Br. The molecule has 0 heterocycles. The molecular weight excluding hydrogens is 248 g/mol. The standard InChI is InChI=1S/C14H23Br/c1-2-3-4-8-11-14(15)12-13-9-6-5-7-10-13/h6,9,12-13H,2-5,7-8,10-11H2,1H3/b14-12+. The van der Waals surface area contributed by atoms with Gasteiger partial charge in [0, 0.05) is 0 Å². The molecule has 0 spiro atoms. The predicted molar refractivity (Wildman–Crippen MR) is 72.3 cm³/mol. The van der Waals surface area contributed by atoms with Crippen LogP contribution in [0.2, 0.25) is 0 Å². The molecule has 0 aromatic heterocycles. The zero-order valence-corrected chi connectivity index (χ0v) is 11.4. The van der Waals surface area contributed by atoms with Gasteiger partial charge in [0.05, 0.1) is 0 Å². The van der Waals surface area contributed by atoms with Gasteiger partial charge in [-0.25, -0.2) is 0 Å². The van der Waals surface area contributed by atoms with Gasteiger partial charge in [-0.1, -0.05) is 60.3 Å². The maximum Gasteiger partial charge on any atom is -0.00424 e. The zero-order valence-electron chi connectivity index (χ0n) is 9.84. The summed E-state index contributed by atoms with van der Waals surface area (Å²) in [6.45, 7) is 2.26. The van der Waals surface area contributed by atoms with Crippen molar-refractivity contribution in [1.29, 1.82) is 0 Å². The molecule has 0 aromatic rings. The minimum atomic E-state index is 0.694.